The maximum absolute atomic E-state index is 12.4. The molecule has 3 rings (SSSR count). The molecule has 1 aromatic heterocycles. The molecule has 1 aliphatic heterocycles. The standard InChI is InChI=1S/C17H12BrN3O6S/c18-14-6-5-12(27-14)15(22)19-7-8-20-16(23)13(28-17(20)24)9-10-1-3-11(4-2-10)21(25)26/h1-6,9H,7-8H2,(H,19,22). The molecule has 2 aromatic rings. The predicted octanol–water partition coefficient (Wildman–Crippen LogP) is 3.42. The number of thioether (sulfide) groups is 1. The Labute approximate surface area is 171 Å². The molecule has 1 aromatic carbocycles. The number of hydrogen-bond donors (Lipinski definition) is 1. The van der Waals surface area contributed by atoms with Crippen molar-refractivity contribution in [2.24, 2.45) is 0 Å². The first kappa shape index (κ1) is 19.8. The van der Waals surface area contributed by atoms with E-state index in [-0.39, 0.29) is 29.4 Å². The number of benzene rings is 1. The van der Waals surface area contributed by atoms with Gasteiger partial charge in [0.2, 0.25) is 0 Å². The summed E-state index contributed by atoms with van der Waals surface area (Å²) in [5.74, 6) is -0.832. The molecule has 1 saturated heterocycles. The van der Waals surface area contributed by atoms with Crippen molar-refractivity contribution >= 4 is 56.5 Å². The van der Waals surface area contributed by atoms with Gasteiger partial charge in [0.1, 0.15) is 0 Å². The number of nitro benzene ring substituents is 1. The molecule has 0 saturated carbocycles. The molecule has 1 N–H and O–H groups in total. The van der Waals surface area contributed by atoms with Gasteiger partial charge < -0.3 is 9.73 Å². The molecule has 144 valence electrons. The van der Waals surface area contributed by atoms with E-state index in [0.29, 0.717) is 10.2 Å². The molecule has 0 radical (unpaired) electrons. The number of imide groups is 1. The summed E-state index contributed by atoms with van der Waals surface area (Å²) in [6.07, 6.45) is 1.49. The SMILES string of the molecule is O=C(NCCN1C(=O)SC(=Cc2ccc([N+](=O)[O-])cc2)C1=O)c1ccc(Br)o1. The minimum absolute atomic E-state index is 0.00981. The van der Waals surface area contributed by atoms with E-state index in [0.717, 1.165) is 16.7 Å². The Balaban J connectivity index is 1.60. The van der Waals surface area contributed by atoms with E-state index in [9.17, 15) is 24.5 Å². The van der Waals surface area contributed by atoms with Gasteiger partial charge in [-0.1, -0.05) is 0 Å². The van der Waals surface area contributed by atoms with Crippen LogP contribution in [0.5, 0.6) is 0 Å². The Bertz CT molecular complexity index is 985. The molecule has 3 amide bonds. The lowest BCUT2D eigenvalue weighted by atomic mass is 10.2. The summed E-state index contributed by atoms with van der Waals surface area (Å²) in [6, 6.07) is 8.69. The topological polar surface area (TPSA) is 123 Å². The molecule has 11 heteroatoms. The third kappa shape index (κ3) is 4.49. The van der Waals surface area contributed by atoms with Gasteiger partial charge in [-0.3, -0.25) is 29.4 Å². The lowest BCUT2D eigenvalue weighted by molar-refractivity contribution is -0.384. The second-order valence-corrected chi connectivity index (χ2v) is 7.32. The van der Waals surface area contributed by atoms with E-state index in [1.807, 2.05) is 0 Å². The fourth-order valence-electron chi connectivity index (χ4n) is 2.34. The summed E-state index contributed by atoms with van der Waals surface area (Å²) in [7, 11) is 0. The summed E-state index contributed by atoms with van der Waals surface area (Å²) in [4.78, 5) is 47.8. The van der Waals surface area contributed by atoms with Crippen LogP contribution >= 0.6 is 27.7 Å². The summed E-state index contributed by atoms with van der Waals surface area (Å²) in [5.41, 5.74) is 0.498. The molecule has 1 aliphatic rings. The molecule has 2 heterocycles. The van der Waals surface area contributed by atoms with E-state index in [1.54, 1.807) is 6.07 Å². The lowest BCUT2D eigenvalue weighted by Crippen LogP contribution is -2.37. The lowest BCUT2D eigenvalue weighted by Gasteiger charge is -2.12. The van der Waals surface area contributed by atoms with Gasteiger partial charge in [0.05, 0.1) is 9.83 Å². The number of nitrogens with zero attached hydrogens (tertiary/aromatic N) is 2. The largest absolute Gasteiger partial charge is 0.444 e. The monoisotopic (exact) mass is 465 g/mol. The Kier molecular flexibility index (Phi) is 5.95. The van der Waals surface area contributed by atoms with Gasteiger partial charge in [-0.05, 0) is 63.6 Å². The molecule has 28 heavy (non-hydrogen) atoms. The first-order valence-electron chi connectivity index (χ1n) is 7.88. The maximum atomic E-state index is 12.4. The van der Waals surface area contributed by atoms with Crippen molar-refractivity contribution in [3.63, 3.8) is 0 Å². The third-order valence-corrected chi connectivity index (χ3v) is 5.03. The Morgan fingerprint density at radius 3 is 2.57 bits per heavy atom. The molecular formula is C17H12BrN3O6S. The first-order valence-corrected chi connectivity index (χ1v) is 9.49. The first-order chi connectivity index (χ1) is 13.3. The number of halogens is 1. The molecule has 0 bridgehead atoms. The van der Waals surface area contributed by atoms with E-state index in [1.165, 1.54) is 36.4 Å². The number of nitro groups is 1. The van der Waals surface area contributed by atoms with Crippen LogP contribution in [0.3, 0.4) is 0 Å². The highest BCUT2D eigenvalue weighted by Gasteiger charge is 2.34. The highest BCUT2D eigenvalue weighted by atomic mass is 79.9. The van der Waals surface area contributed by atoms with Gasteiger partial charge in [0.15, 0.2) is 10.4 Å². The van der Waals surface area contributed by atoms with Gasteiger partial charge >= 0.3 is 0 Å². The van der Waals surface area contributed by atoms with Crippen LogP contribution in [-0.4, -0.2) is 40.0 Å². The average molecular weight is 466 g/mol. The van der Waals surface area contributed by atoms with Crippen molar-refractivity contribution in [1.82, 2.24) is 10.2 Å². The van der Waals surface area contributed by atoms with Crippen LogP contribution in [0.2, 0.25) is 0 Å². The van der Waals surface area contributed by atoms with Gasteiger partial charge in [-0.2, -0.15) is 0 Å². The number of hydrogen-bond acceptors (Lipinski definition) is 7. The highest BCUT2D eigenvalue weighted by molar-refractivity contribution is 9.10. The fourth-order valence-corrected chi connectivity index (χ4v) is 3.51. The maximum Gasteiger partial charge on any atom is 0.293 e. The molecule has 0 atom stereocenters. The van der Waals surface area contributed by atoms with E-state index in [4.69, 9.17) is 4.42 Å². The third-order valence-electron chi connectivity index (χ3n) is 3.69. The second-order valence-electron chi connectivity index (χ2n) is 5.54. The summed E-state index contributed by atoms with van der Waals surface area (Å²) in [5, 5.41) is 12.8. The van der Waals surface area contributed by atoms with Gasteiger partial charge in [-0.15, -0.1) is 0 Å². The summed E-state index contributed by atoms with van der Waals surface area (Å²) in [6.45, 7) is 0.0793. The van der Waals surface area contributed by atoms with Crippen LogP contribution in [0.15, 0.2) is 50.4 Å². The Morgan fingerprint density at radius 1 is 1.25 bits per heavy atom. The molecule has 0 unspecified atom stereocenters. The van der Waals surface area contributed by atoms with Crippen LogP contribution in [0.1, 0.15) is 16.1 Å². The van der Waals surface area contributed by atoms with Crippen molar-refractivity contribution in [3.05, 3.63) is 67.4 Å². The zero-order valence-corrected chi connectivity index (χ0v) is 16.5. The summed E-state index contributed by atoms with van der Waals surface area (Å²) < 4.78 is 5.54. The zero-order chi connectivity index (χ0) is 20.3. The van der Waals surface area contributed by atoms with Crippen LogP contribution in [0.4, 0.5) is 10.5 Å². The molecule has 0 spiro atoms. The number of amides is 3. The van der Waals surface area contributed by atoms with Gasteiger partial charge in [0.25, 0.3) is 22.7 Å². The zero-order valence-electron chi connectivity index (χ0n) is 14.1. The highest BCUT2D eigenvalue weighted by Crippen LogP contribution is 2.32. The number of non-ortho nitro benzene ring substituents is 1. The minimum Gasteiger partial charge on any atom is -0.444 e. The Morgan fingerprint density at radius 2 is 1.96 bits per heavy atom. The van der Waals surface area contributed by atoms with Gasteiger partial charge in [-0.25, -0.2) is 0 Å². The second kappa shape index (κ2) is 8.40. The summed E-state index contributed by atoms with van der Waals surface area (Å²) >= 11 is 3.87. The number of rotatable bonds is 6. The number of furan rings is 1. The normalized spacial score (nSPS) is 15.3. The molecule has 0 aliphatic carbocycles. The molecular weight excluding hydrogens is 454 g/mol. The van der Waals surface area contributed by atoms with E-state index >= 15 is 0 Å². The van der Waals surface area contributed by atoms with Crippen molar-refractivity contribution in [2.45, 2.75) is 0 Å². The number of carbonyl (C=O) groups excluding carboxylic acids is 3. The van der Waals surface area contributed by atoms with Crippen LogP contribution < -0.4 is 5.32 Å². The smallest absolute Gasteiger partial charge is 0.293 e. The van der Waals surface area contributed by atoms with Crippen LogP contribution in [0.25, 0.3) is 6.08 Å². The van der Waals surface area contributed by atoms with E-state index in [2.05, 4.69) is 21.2 Å². The quantitative estimate of drug-likeness (QED) is 0.393. The number of carbonyl (C=O) groups is 3. The van der Waals surface area contributed by atoms with Crippen LogP contribution in [0, 0.1) is 10.1 Å². The molecule has 1 fully saturated rings. The average Bonchev–Trinajstić information content (AvgIpc) is 3.20. The van der Waals surface area contributed by atoms with Gasteiger partial charge in [0, 0.05) is 25.2 Å². The fraction of sp³-hybridized carbons (Fsp3) is 0.118. The minimum atomic E-state index is -0.520. The number of nitrogens with one attached hydrogen (secondary N) is 1. The van der Waals surface area contributed by atoms with Crippen molar-refractivity contribution in [2.75, 3.05) is 13.1 Å². The Hall–Kier alpha value is -2.92. The predicted molar refractivity (Wildman–Crippen MR) is 105 cm³/mol. The van der Waals surface area contributed by atoms with Crippen molar-refractivity contribution in [1.29, 1.82) is 0 Å². The van der Waals surface area contributed by atoms with E-state index < -0.39 is 22.0 Å². The molecule has 9 nitrogen and oxygen atoms in total. The van der Waals surface area contributed by atoms with Crippen molar-refractivity contribution in [3.8, 4) is 0 Å². The van der Waals surface area contributed by atoms with Crippen molar-refractivity contribution < 1.29 is 23.7 Å². The van der Waals surface area contributed by atoms with Crippen LogP contribution in [-0.2, 0) is 4.79 Å².